The number of hydrogen-bond acceptors (Lipinski definition) is 3. The van der Waals surface area contributed by atoms with Crippen molar-refractivity contribution >= 4 is 5.82 Å². The van der Waals surface area contributed by atoms with Gasteiger partial charge in [0.15, 0.2) is 17.5 Å². The van der Waals surface area contributed by atoms with Crippen molar-refractivity contribution in [2.24, 2.45) is 0 Å². The third-order valence-corrected chi connectivity index (χ3v) is 3.08. The Morgan fingerprint density at radius 3 is 2.48 bits per heavy atom. The summed E-state index contributed by atoms with van der Waals surface area (Å²) in [5, 5.41) is 3.08. The Labute approximate surface area is 121 Å². The highest BCUT2D eigenvalue weighted by atomic mass is 19.2. The van der Waals surface area contributed by atoms with Gasteiger partial charge in [-0.1, -0.05) is 13.3 Å². The summed E-state index contributed by atoms with van der Waals surface area (Å²) in [4.78, 5) is 8.19. The molecule has 0 radical (unpaired) electrons. The number of hydrogen-bond donors (Lipinski definition) is 1. The smallest absolute Gasteiger partial charge is 0.195 e. The van der Waals surface area contributed by atoms with E-state index in [4.69, 9.17) is 0 Å². The van der Waals surface area contributed by atoms with Crippen LogP contribution in [-0.2, 0) is 6.42 Å². The lowest BCUT2D eigenvalue weighted by atomic mass is 10.0. The molecule has 0 amide bonds. The number of anilines is 1. The van der Waals surface area contributed by atoms with Crippen LogP contribution in [-0.4, -0.2) is 16.5 Å². The van der Waals surface area contributed by atoms with E-state index in [9.17, 15) is 13.2 Å². The highest BCUT2D eigenvalue weighted by Gasteiger charge is 2.19. The van der Waals surface area contributed by atoms with E-state index in [2.05, 4.69) is 15.3 Å². The molecule has 1 N–H and O–H groups in total. The molecule has 0 aliphatic rings. The zero-order valence-electron chi connectivity index (χ0n) is 11.9. The largest absolute Gasteiger partial charge is 0.370 e. The Kier molecular flexibility index (Phi) is 4.77. The molecule has 1 heterocycles. The Bertz CT molecular complexity index is 644. The first-order chi connectivity index (χ1) is 10.1. The van der Waals surface area contributed by atoms with Crippen LogP contribution in [0.1, 0.15) is 25.8 Å². The molecule has 0 bridgehead atoms. The fourth-order valence-electron chi connectivity index (χ4n) is 2.16. The summed E-state index contributed by atoms with van der Waals surface area (Å²) in [6.07, 6.45) is 2.69. The van der Waals surface area contributed by atoms with Gasteiger partial charge in [0.05, 0.1) is 5.69 Å². The van der Waals surface area contributed by atoms with Crippen molar-refractivity contribution in [3.8, 4) is 11.3 Å². The van der Waals surface area contributed by atoms with Crippen molar-refractivity contribution < 1.29 is 13.2 Å². The highest BCUT2D eigenvalue weighted by molar-refractivity contribution is 5.69. The van der Waals surface area contributed by atoms with Gasteiger partial charge in [-0.05, 0) is 25.5 Å². The van der Waals surface area contributed by atoms with Gasteiger partial charge in [0.2, 0.25) is 0 Å². The van der Waals surface area contributed by atoms with Crippen LogP contribution in [0, 0.1) is 17.5 Å². The van der Waals surface area contributed by atoms with Gasteiger partial charge in [-0.25, -0.2) is 23.1 Å². The van der Waals surface area contributed by atoms with Crippen LogP contribution >= 0.6 is 0 Å². The average Bonchev–Trinajstić information content (AvgIpc) is 2.48. The van der Waals surface area contributed by atoms with Crippen LogP contribution < -0.4 is 5.32 Å². The van der Waals surface area contributed by atoms with Crippen LogP contribution in [0.2, 0.25) is 0 Å². The molecule has 112 valence electrons. The predicted octanol–water partition coefficient (Wildman–Crippen LogP) is 3.95. The fraction of sp³-hybridized carbons (Fsp3) is 0.333. The first-order valence-electron chi connectivity index (χ1n) is 6.81. The Hall–Kier alpha value is -2.11. The van der Waals surface area contributed by atoms with E-state index in [1.54, 1.807) is 0 Å². The second-order valence-corrected chi connectivity index (χ2v) is 4.55. The molecule has 0 saturated heterocycles. The van der Waals surface area contributed by atoms with Crippen molar-refractivity contribution in [2.45, 2.75) is 26.7 Å². The third kappa shape index (κ3) is 2.99. The summed E-state index contributed by atoms with van der Waals surface area (Å²) in [5.41, 5.74) is 0.935. The molecule has 0 aliphatic heterocycles. The number of nitrogens with zero attached hydrogens (tertiary/aromatic N) is 2. The molecule has 2 aromatic rings. The van der Waals surface area contributed by atoms with E-state index in [1.165, 1.54) is 12.4 Å². The second kappa shape index (κ2) is 6.56. The summed E-state index contributed by atoms with van der Waals surface area (Å²) >= 11 is 0. The molecule has 2 rings (SSSR count). The molecule has 0 spiro atoms. The van der Waals surface area contributed by atoms with Crippen LogP contribution in [0.4, 0.5) is 19.0 Å². The van der Waals surface area contributed by atoms with Gasteiger partial charge in [-0.15, -0.1) is 0 Å². The first-order valence-corrected chi connectivity index (χ1v) is 6.81. The molecule has 6 heteroatoms. The normalized spacial score (nSPS) is 10.7. The molecule has 0 fully saturated rings. The Balaban J connectivity index is 2.63. The molecule has 0 unspecified atom stereocenters. The molecule has 1 aromatic carbocycles. The fourth-order valence-corrected chi connectivity index (χ4v) is 2.16. The molecular weight excluding hydrogens is 279 g/mol. The zero-order chi connectivity index (χ0) is 15.4. The van der Waals surface area contributed by atoms with E-state index in [1.807, 2.05) is 13.8 Å². The van der Waals surface area contributed by atoms with Crippen molar-refractivity contribution in [3.63, 3.8) is 0 Å². The Morgan fingerprint density at radius 1 is 1.05 bits per heavy atom. The van der Waals surface area contributed by atoms with Gasteiger partial charge in [0.1, 0.15) is 12.1 Å². The van der Waals surface area contributed by atoms with Crippen LogP contribution in [0.25, 0.3) is 11.3 Å². The molecule has 1 aromatic heterocycles. The number of nitrogens with one attached hydrogen (secondary N) is 1. The zero-order valence-corrected chi connectivity index (χ0v) is 11.9. The number of aromatic nitrogens is 2. The Morgan fingerprint density at radius 2 is 1.81 bits per heavy atom. The van der Waals surface area contributed by atoms with Crippen molar-refractivity contribution in [1.29, 1.82) is 0 Å². The van der Waals surface area contributed by atoms with Gasteiger partial charge in [0.25, 0.3) is 0 Å². The number of benzene rings is 1. The summed E-state index contributed by atoms with van der Waals surface area (Å²) in [6, 6.07) is 2.10. The second-order valence-electron chi connectivity index (χ2n) is 4.55. The van der Waals surface area contributed by atoms with Crippen LogP contribution in [0.3, 0.4) is 0 Å². The van der Waals surface area contributed by atoms with Crippen LogP contribution in [0.5, 0.6) is 0 Å². The van der Waals surface area contributed by atoms with Gasteiger partial charge in [-0.2, -0.15) is 0 Å². The topological polar surface area (TPSA) is 37.8 Å². The minimum atomic E-state index is -1.49. The summed E-state index contributed by atoms with van der Waals surface area (Å²) in [6.45, 7) is 4.52. The highest BCUT2D eigenvalue weighted by Crippen LogP contribution is 2.30. The minimum Gasteiger partial charge on any atom is -0.370 e. The van der Waals surface area contributed by atoms with E-state index >= 15 is 0 Å². The third-order valence-electron chi connectivity index (χ3n) is 3.08. The van der Waals surface area contributed by atoms with E-state index < -0.39 is 17.5 Å². The molecular formula is C15H16F3N3. The molecule has 21 heavy (non-hydrogen) atoms. The van der Waals surface area contributed by atoms with Crippen molar-refractivity contribution in [3.05, 3.63) is 41.5 Å². The van der Waals surface area contributed by atoms with Crippen molar-refractivity contribution in [1.82, 2.24) is 9.97 Å². The van der Waals surface area contributed by atoms with E-state index in [0.29, 0.717) is 30.0 Å². The number of rotatable bonds is 5. The monoisotopic (exact) mass is 295 g/mol. The van der Waals surface area contributed by atoms with Gasteiger partial charge >= 0.3 is 0 Å². The van der Waals surface area contributed by atoms with Gasteiger partial charge < -0.3 is 5.32 Å². The maximum atomic E-state index is 14.0. The summed E-state index contributed by atoms with van der Waals surface area (Å²) < 4.78 is 40.5. The first kappa shape index (κ1) is 15.3. The average molecular weight is 295 g/mol. The molecule has 0 atom stereocenters. The molecule has 3 nitrogen and oxygen atoms in total. The summed E-state index contributed by atoms with van der Waals surface area (Å²) in [7, 11) is 0. The lowest BCUT2D eigenvalue weighted by Crippen LogP contribution is -2.07. The predicted molar refractivity (Wildman–Crippen MR) is 75.5 cm³/mol. The lowest BCUT2D eigenvalue weighted by molar-refractivity contribution is 0.448. The maximum absolute atomic E-state index is 14.0. The molecule has 0 aliphatic carbocycles. The van der Waals surface area contributed by atoms with E-state index in [-0.39, 0.29) is 5.56 Å². The maximum Gasteiger partial charge on any atom is 0.195 e. The summed E-state index contributed by atoms with van der Waals surface area (Å²) in [5.74, 6) is -3.34. The standard InChI is InChI=1S/C15H16F3N3/c1-3-5-10-14(20-8-21-15(10)19-4-2)9-6-7-11(16)13(18)12(9)17/h6-8H,3-5H2,1-2H3,(H,19,20,21). The quantitative estimate of drug-likeness (QED) is 0.849. The lowest BCUT2D eigenvalue weighted by Gasteiger charge is -2.14. The van der Waals surface area contributed by atoms with Gasteiger partial charge in [0, 0.05) is 17.7 Å². The van der Waals surface area contributed by atoms with E-state index in [0.717, 1.165) is 12.5 Å². The van der Waals surface area contributed by atoms with Crippen molar-refractivity contribution in [2.75, 3.05) is 11.9 Å². The SMILES string of the molecule is CCCc1c(NCC)ncnc1-c1ccc(F)c(F)c1F. The molecule has 0 saturated carbocycles. The van der Waals surface area contributed by atoms with Gasteiger partial charge in [-0.3, -0.25) is 0 Å². The van der Waals surface area contributed by atoms with Crippen LogP contribution in [0.15, 0.2) is 18.5 Å². The number of halogens is 3. The minimum absolute atomic E-state index is 0.0566.